The van der Waals surface area contributed by atoms with Crippen molar-refractivity contribution in [3.63, 3.8) is 0 Å². The molecule has 1 N–H and O–H groups in total. The molecule has 1 aliphatic carbocycles. The number of hydrogen-bond donors (Lipinski definition) is 1. The SMILES string of the molecule is CC1=C(CCO)CCCC1. The van der Waals surface area contributed by atoms with Gasteiger partial charge in [-0.05, 0) is 39.0 Å². The molecule has 0 atom stereocenters. The first kappa shape index (κ1) is 7.80. The molecule has 0 radical (unpaired) electrons. The van der Waals surface area contributed by atoms with Crippen molar-refractivity contribution in [1.29, 1.82) is 0 Å². The second-order valence-electron chi connectivity index (χ2n) is 3.06. The summed E-state index contributed by atoms with van der Waals surface area (Å²) in [5.74, 6) is 0. The van der Waals surface area contributed by atoms with E-state index in [2.05, 4.69) is 6.92 Å². The minimum absolute atomic E-state index is 0.326. The van der Waals surface area contributed by atoms with Gasteiger partial charge in [-0.15, -0.1) is 0 Å². The maximum Gasteiger partial charge on any atom is 0.0468 e. The van der Waals surface area contributed by atoms with Gasteiger partial charge in [0.15, 0.2) is 0 Å². The lowest BCUT2D eigenvalue weighted by Gasteiger charge is -2.16. The molecule has 1 nitrogen and oxygen atoms in total. The van der Waals surface area contributed by atoms with Crippen LogP contribution in [0.25, 0.3) is 0 Å². The highest BCUT2D eigenvalue weighted by Gasteiger charge is 2.07. The topological polar surface area (TPSA) is 20.2 Å². The van der Waals surface area contributed by atoms with E-state index in [9.17, 15) is 0 Å². The van der Waals surface area contributed by atoms with Crippen LogP contribution in [0.2, 0.25) is 0 Å². The van der Waals surface area contributed by atoms with Gasteiger partial charge in [0.1, 0.15) is 0 Å². The Labute approximate surface area is 62.8 Å². The van der Waals surface area contributed by atoms with E-state index in [0.717, 1.165) is 6.42 Å². The lowest BCUT2D eigenvalue weighted by Crippen LogP contribution is -1.99. The van der Waals surface area contributed by atoms with Gasteiger partial charge in [0.2, 0.25) is 0 Å². The molecular formula is C9H16O. The highest BCUT2D eigenvalue weighted by atomic mass is 16.2. The highest BCUT2D eigenvalue weighted by Crippen LogP contribution is 2.25. The molecule has 58 valence electrons. The second kappa shape index (κ2) is 3.77. The summed E-state index contributed by atoms with van der Waals surface area (Å²) in [7, 11) is 0. The van der Waals surface area contributed by atoms with Crippen molar-refractivity contribution in [3.05, 3.63) is 11.1 Å². The molecule has 1 aliphatic rings. The fourth-order valence-corrected chi connectivity index (χ4v) is 1.59. The monoisotopic (exact) mass is 140 g/mol. The maximum atomic E-state index is 8.70. The molecule has 1 heteroatoms. The molecule has 10 heavy (non-hydrogen) atoms. The first-order valence-corrected chi connectivity index (χ1v) is 4.13. The molecule has 0 heterocycles. The van der Waals surface area contributed by atoms with Crippen LogP contribution in [0.5, 0.6) is 0 Å². The fraction of sp³-hybridized carbons (Fsp3) is 0.778. The van der Waals surface area contributed by atoms with E-state index in [-0.39, 0.29) is 0 Å². The van der Waals surface area contributed by atoms with Gasteiger partial charge in [-0.1, -0.05) is 11.1 Å². The molecule has 1 rings (SSSR count). The molecule has 0 saturated carbocycles. The van der Waals surface area contributed by atoms with Gasteiger partial charge in [0.25, 0.3) is 0 Å². The van der Waals surface area contributed by atoms with Gasteiger partial charge >= 0.3 is 0 Å². The van der Waals surface area contributed by atoms with Crippen LogP contribution >= 0.6 is 0 Å². The van der Waals surface area contributed by atoms with E-state index in [4.69, 9.17) is 5.11 Å². The Morgan fingerprint density at radius 3 is 2.60 bits per heavy atom. The van der Waals surface area contributed by atoms with Gasteiger partial charge in [0.05, 0.1) is 0 Å². The number of aliphatic hydroxyl groups is 1. The number of rotatable bonds is 2. The second-order valence-corrected chi connectivity index (χ2v) is 3.06. The summed E-state index contributed by atoms with van der Waals surface area (Å²) >= 11 is 0. The normalized spacial score (nSPS) is 19.8. The average Bonchev–Trinajstić information content (AvgIpc) is 1.94. The minimum Gasteiger partial charge on any atom is -0.396 e. The third-order valence-electron chi connectivity index (χ3n) is 2.30. The molecule has 0 aromatic heterocycles. The van der Waals surface area contributed by atoms with Crippen molar-refractivity contribution in [3.8, 4) is 0 Å². The van der Waals surface area contributed by atoms with Crippen molar-refractivity contribution < 1.29 is 5.11 Å². The summed E-state index contributed by atoms with van der Waals surface area (Å²) < 4.78 is 0. The molecule has 0 saturated heterocycles. The maximum absolute atomic E-state index is 8.70. The van der Waals surface area contributed by atoms with Crippen LogP contribution in [0, 0.1) is 0 Å². The fourth-order valence-electron chi connectivity index (χ4n) is 1.59. The Bertz CT molecular complexity index is 136. The van der Waals surface area contributed by atoms with Crippen LogP contribution in [0.4, 0.5) is 0 Å². The Kier molecular flexibility index (Phi) is 2.94. The van der Waals surface area contributed by atoms with Crippen LogP contribution in [0.15, 0.2) is 11.1 Å². The van der Waals surface area contributed by atoms with E-state index < -0.39 is 0 Å². The Morgan fingerprint density at radius 1 is 1.30 bits per heavy atom. The average molecular weight is 140 g/mol. The number of allylic oxidation sites excluding steroid dienone is 1. The van der Waals surface area contributed by atoms with Crippen LogP contribution in [0.3, 0.4) is 0 Å². The van der Waals surface area contributed by atoms with Gasteiger partial charge in [-0.2, -0.15) is 0 Å². The molecule has 0 fully saturated rings. The molecule has 0 amide bonds. The van der Waals surface area contributed by atoms with Gasteiger partial charge < -0.3 is 5.11 Å². The zero-order valence-corrected chi connectivity index (χ0v) is 6.69. The summed E-state index contributed by atoms with van der Waals surface area (Å²) in [6.07, 6.45) is 6.07. The summed E-state index contributed by atoms with van der Waals surface area (Å²) in [4.78, 5) is 0. The van der Waals surface area contributed by atoms with E-state index in [1.54, 1.807) is 0 Å². The van der Waals surface area contributed by atoms with Gasteiger partial charge in [0, 0.05) is 6.61 Å². The molecule has 0 aromatic carbocycles. The Hall–Kier alpha value is -0.300. The summed E-state index contributed by atoms with van der Waals surface area (Å²) in [6.45, 7) is 2.52. The standard InChI is InChI=1S/C9H16O/c1-8-4-2-3-5-9(8)6-7-10/h10H,2-7H2,1H3. The van der Waals surface area contributed by atoms with E-state index in [1.165, 1.54) is 36.8 Å². The van der Waals surface area contributed by atoms with E-state index in [1.807, 2.05) is 0 Å². The predicted octanol–water partition coefficient (Wildman–Crippen LogP) is 2.26. The van der Waals surface area contributed by atoms with Crippen LogP contribution in [-0.2, 0) is 0 Å². The highest BCUT2D eigenvalue weighted by molar-refractivity contribution is 5.14. The minimum atomic E-state index is 0.326. The summed E-state index contributed by atoms with van der Waals surface area (Å²) in [5, 5.41) is 8.70. The first-order chi connectivity index (χ1) is 4.84. The van der Waals surface area contributed by atoms with Crippen LogP contribution < -0.4 is 0 Å². The van der Waals surface area contributed by atoms with E-state index >= 15 is 0 Å². The third kappa shape index (κ3) is 1.84. The number of aliphatic hydroxyl groups excluding tert-OH is 1. The summed E-state index contributed by atoms with van der Waals surface area (Å²) in [5.41, 5.74) is 3.04. The first-order valence-electron chi connectivity index (χ1n) is 4.13. The lowest BCUT2D eigenvalue weighted by atomic mass is 9.91. The predicted molar refractivity (Wildman–Crippen MR) is 42.9 cm³/mol. The Morgan fingerprint density at radius 2 is 2.00 bits per heavy atom. The summed E-state index contributed by atoms with van der Waals surface area (Å²) in [6, 6.07) is 0. The zero-order valence-electron chi connectivity index (χ0n) is 6.69. The molecule has 0 unspecified atom stereocenters. The molecule has 0 spiro atoms. The van der Waals surface area contributed by atoms with E-state index in [0.29, 0.717) is 6.61 Å². The molecule has 0 aromatic rings. The Balaban J connectivity index is 2.50. The largest absolute Gasteiger partial charge is 0.396 e. The van der Waals surface area contributed by atoms with Crippen LogP contribution in [-0.4, -0.2) is 11.7 Å². The van der Waals surface area contributed by atoms with Crippen molar-refractivity contribution in [1.82, 2.24) is 0 Å². The van der Waals surface area contributed by atoms with Crippen molar-refractivity contribution >= 4 is 0 Å². The van der Waals surface area contributed by atoms with Crippen molar-refractivity contribution in [2.24, 2.45) is 0 Å². The van der Waals surface area contributed by atoms with Gasteiger partial charge in [-0.3, -0.25) is 0 Å². The molecule has 0 bridgehead atoms. The lowest BCUT2D eigenvalue weighted by molar-refractivity contribution is 0.296. The molecule has 0 aliphatic heterocycles. The smallest absolute Gasteiger partial charge is 0.0468 e. The van der Waals surface area contributed by atoms with Crippen molar-refractivity contribution in [2.75, 3.05) is 6.61 Å². The number of hydrogen-bond acceptors (Lipinski definition) is 1. The molecular weight excluding hydrogens is 124 g/mol. The third-order valence-corrected chi connectivity index (χ3v) is 2.30. The van der Waals surface area contributed by atoms with Crippen molar-refractivity contribution in [2.45, 2.75) is 39.0 Å². The van der Waals surface area contributed by atoms with Gasteiger partial charge in [-0.25, -0.2) is 0 Å². The zero-order chi connectivity index (χ0) is 7.40. The quantitative estimate of drug-likeness (QED) is 0.583. The van der Waals surface area contributed by atoms with Crippen LogP contribution in [0.1, 0.15) is 39.0 Å².